The van der Waals surface area contributed by atoms with E-state index in [4.69, 9.17) is 5.11 Å². The molecule has 0 spiro atoms. The molecular formula is C12H18N4O3. The summed E-state index contributed by atoms with van der Waals surface area (Å²) in [6, 6.07) is 0. The molecule has 0 bridgehead atoms. The number of aliphatic hydroxyl groups excluding tert-OH is 1. The fourth-order valence-electron chi connectivity index (χ4n) is 2.12. The molecule has 19 heavy (non-hydrogen) atoms. The summed E-state index contributed by atoms with van der Waals surface area (Å²) >= 11 is 0. The third kappa shape index (κ3) is 2.60. The first kappa shape index (κ1) is 13.5. The van der Waals surface area contributed by atoms with Gasteiger partial charge in [0.25, 0.3) is 5.56 Å². The summed E-state index contributed by atoms with van der Waals surface area (Å²) < 4.78 is 2.61. The van der Waals surface area contributed by atoms with Crippen LogP contribution >= 0.6 is 0 Å². The smallest absolute Gasteiger partial charge is 0.332 e. The summed E-state index contributed by atoms with van der Waals surface area (Å²) in [5.41, 5.74) is 0.0773. The van der Waals surface area contributed by atoms with Crippen molar-refractivity contribution in [3.8, 4) is 0 Å². The Bertz CT molecular complexity index is 668. The maximum absolute atomic E-state index is 12.1. The topological polar surface area (TPSA) is 92.9 Å². The molecular weight excluding hydrogens is 248 g/mol. The predicted molar refractivity (Wildman–Crippen MR) is 71.1 cm³/mol. The maximum atomic E-state index is 12.1. The summed E-state index contributed by atoms with van der Waals surface area (Å²) in [5, 5.41) is 8.68. The van der Waals surface area contributed by atoms with Crippen LogP contribution in [0.3, 0.4) is 0 Å². The van der Waals surface area contributed by atoms with Crippen LogP contribution in [0.15, 0.2) is 15.9 Å². The third-order valence-electron chi connectivity index (χ3n) is 3.20. The first-order valence-electron chi connectivity index (χ1n) is 6.40. The molecule has 0 amide bonds. The van der Waals surface area contributed by atoms with Crippen molar-refractivity contribution in [2.24, 2.45) is 7.05 Å². The molecule has 2 aromatic rings. The van der Waals surface area contributed by atoms with E-state index >= 15 is 0 Å². The number of hydrogen-bond acceptors (Lipinski definition) is 4. The molecule has 0 radical (unpaired) electrons. The van der Waals surface area contributed by atoms with Crippen LogP contribution in [0.2, 0.25) is 0 Å². The van der Waals surface area contributed by atoms with E-state index in [1.165, 1.54) is 15.5 Å². The SMILES string of the molecule is Cn1c(=O)n(CCCCCCO)c(=O)c2[nH]cnc21. The minimum Gasteiger partial charge on any atom is -0.396 e. The van der Waals surface area contributed by atoms with Gasteiger partial charge in [0.1, 0.15) is 5.52 Å². The number of aliphatic hydroxyl groups is 1. The van der Waals surface area contributed by atoms with E-state index in [1.807, 2.05) is 0 Å². The van der Waals surface area contributed by atoms with Crippen LogP contribution in [0, 0.1) is 0 Å². The molecule has 0 fully saturated rings. The Morgan fingerprint density at radius 1 is 1.26 bits per heavy atom. The lowest BCUT2D eigenvalue weighted by molar-refractivity contribution is 0.282. The molecule has 0 aromatic carbocycles. The summed E-state index contributed by atoms with van der Waals surface area (Å²) in [4.78, 5) is 30.9. The zero-order valence-corrected chi connectivity index (χ0v) is 10.9. The minimum absolute atomic E-state index is 0.182. The molecule has 0 unspecified atom stereocenters. The van der Waals surface area contributed by atoms with Gasteiger partial charge in [-0.15, -0.1) is 0 Å². The summed E-state index contributed by atoms with van der Waals surface area (Å²) in [5.74, 6) is 0. The Hall–Kier alpha value is -1.89. The number of hydrogen-bond donors (Lipinski definition) is 2. The lowest BCUT2D eigenvalue weighted by Crippen LogP contribution is -2.39. The molecule has 2 N–H and O–H groups in total. The Kier molecular flexibility index (Phi) is 4.16. The molecule has 2 aromatic heterocycles. The van der Waals surface area contributed by atoms with Crippen molar-refractivity contribution in [3.63, 3.8) is 0 Å². The van der Waals surface area contributed by atoms with Crippen LogP contribution in [0.5, 0.6) is 0 Å². The van der Waals surface area contributed by atoms with E-state index in [0.29, 0.717) is 17.7 Å². The highest BCUT2D eigenvalue weighted by Gasteiger charge is 2.12. The molecule has 7 nitrogen and oxygen atoms in total. The van der Waals surface area contributed by atoms with E-state index < -0.39 is 0 Å². The number of unbranched alkanes of at least 4 members (excludes halogenated alkanes) is 3. The molecule has 7 heteroatoms. The van der Waals surface area contributed by atoms with Gasteiger partial charge in [-0.3, -0.25) is 13.9 Å². The highest BCUT2D eigenvalue weighted by molar-refractivity contribution is 5.68. The molecule has 0 aliphatic carbocycles. The van der Waals surface area contributed by atoms with Gasteiger partial charge in [-0.05, 0) is 12.8 Å². The van der Waals surface area contributed by atoms with Crippen molar-refractivity contribution < 1.29 is 5.11 Å². The number of H-pyrrole nitrogens is 1. The maximum Gasteiger partial charge on any atom is 0.332 e. The van der Waals surface area contributed by atoms with E-state index in [-0.39, 0.29) is 17.9 Å². The first-order chi connectivity index (χ1) is 9.16. The number of aromatic amines is 1. The second-order valence-corrected chi connectivity index (χ2v) is 4.54. The van der Waals surface area contributed by atoms with E-state index in [1.54, 1.807) is 7.05 Å². The normalized spacial score (nSPS) is 11.3. The fourth-order valence-corrected chi connectivity index (χ4v) is 2.12. The van der Waals surface area contributed by atoms with Gasteiger partial charge < -0.3 is 10.1 Å². The quantitative estimate of drug-likeness (QED) is 0.718. The number of nitrogens with one attached hydrogen (secondary N) is 1. The first-order valence-corrected chi connectivity index (χ1v) is 6.40. The molecule has 0 saturated heterocycles. The summed E-state index contributed by atoms with van der Waals surface area (Å²) in [6.45, 7) is 0.577. The third-order valence-corrected chi connectivity index (χ3v) is 3.20. The van der Waals surface area contributed by atoms with Crippen molar-refractivity contribution >= 4 is 11.2 Å². The van der Waals surface area contributed by atoms with E-state index in [9.17, 15) is 9.59 Å². The van der Waals surface area contributed by atoms with Gasteiger partial charge in [0.05, 0.1) is 6.33 Å². The van der Waals surface area contributed by atoms with Gasteiger partial charge in [-0.2, -0.15) is 0 Å². The Morgan fingerprint density at radius 3 is 2.74 bits per heavy atom. The van der Waals surface area contributed by atoms with Crippen LogP contribution < -0.4 is 11.2 Å². The lowest BCUT2D eigenvalue weighted by Gasteiger charge is -2.07. The van der Waals surface area contributed by atoms with Crippen molar-refractivity contribution in [2.75, 3.05) is 6.61 Å². The number of aryl methyl sites for hydroxylation is 1. The number of fused-ring (bicyclic) bond motifs is 1. The van der Waals surface area contributed by atoms with Gasteiger partial charge in [0.2, 0.25) is 0 Å². The number of nitrogens with zero attached hydrogens (tertiary/aromatic N) is 3. The lowest BCUT2D eigenvalue weighted by atomic mass is 10.2. The average molecular weight is 266 g/mol. The van der Waals surface area contributed by atoms with Crippen LogP contribution in [-0.2, 0) is 13.6 Å². The molecule has 2 rings (SSSR count). The van der Waals surface area contributed by atoms with Gasteiger partial charge in [-0.25, -0.2) is 9.78 Å². The molecule has 0 aliphatic heterocycles. The monoisotopic (exact) mass is 266 g/mol. The van der Waals surface area contributed by atoms with Crippen molar-refractivity contribution in [1.29, 1.82) is 0 Å². The van der Waals surface area contributed by atoms with Gasteiger partial charge in [0.15, 0.2) is 5.65 Å². The van der Waals surface area contributed by atoms with Crippen LogP contribution in [0.1, 0.15) is 25.7 Å². The predicted octanol–water partition coefficient (Wildman–Crippen LogP) is -0.0240. The second kappa shape index (κ2) is 5.83. The van der Waals surface area contributed by atoms with Gasteiger partial charge in [-0.1, -0.05) is 12.8 Å². The highest BCUT2D eigenvalue weighted by atomic mass is 16.3. The largest absolute Gasteiger partial charge is 0.396 e. The summed E-state index contributed by atoms with van der Waals surface area (Å²) in [6.07, 6.45) is 4.70. The molecule has 0 atom stereocenters. The average Bonchev–Trinajstić information content (AvgIpc) is 2.89. The Labute approximate surface area is 109 Å². The van der Waals surface area contributed by atoms with Crippen molar-refractivity contribution in [2.45, 2.75) is 32.2 Å². The summed E-state index contributed by atoms with van der Waals surface area (Å²) in [7, 11) is 1.60. The zero-order chi connectivity index (χ0) is 13.8. The van der Waals surface area contributed by atoms with Crippen molar-refractivity contribution in [3.05, 3.63) is 27.2 Å². The van der Waals surface area contributed by atoms with Gasteiger partial charge in [0, 0.05) is 20.2 Å². The Balaban J connectivity index is 2.23. The van der Waals surface area contributed by atoms with E-state index in [0.717, 1.165) is 25.7 Å². The van der Waals surface area contributed by atoms with Crippen LogP contribution in [0.25, 0.3) is 11.2 Å². The highest BCUT2D eigenvalue weighted by Crippen LogP contribution is 2.02. The number of rotatable bonds is 6. The van der Waals surface area contributed by atoms with Crippen molar-refractivity contribution in [1.82, 2.24) is 19.1 Å². The Morgan fingerprint density at radius 2 is 2.00 bits per heavy atom. The molecule has 0 aliphatic rings. The number of aromatic nitrogens is 4. The molecule has 104 valence electrons. The molecule has 2 heterocycles. The molecule has 0 saturated carbocycles. The van der Waals surface area contributed by atoms with Crippen LogP contribution in [0.4, 0.5) is 0 Å². The van der Waals surface area contributed by atoms with Crippen LogP contribution in [-0.4, -0.2) is 30.8 Å². The standard InChI is InChI=1S/C12H18N4O3/c1-15-10-9(13-8-14-10)11(18)16(12(15)19)6-4-2-3-5-7-17/h8,17H,2-7H2,1H3,(H,13,14). The van der Waals surface area contributed by atoms with Gasteiger partial charge >= 0.3 is 5.69 Å². The fraction of sp³-hybridized carbons (Fsp3) is 0.583. The second-order valence-electron chi connectivity index (χ2n) is 4.54. The number of imidazole rings is 1. The zero-order valence-electron chi connectivity index (χ0n) is 10.9. The van der Waals surface area contributed by atoms with E-state index in [2.05, 4.69) is 9.97 Å². The minimum atomic E-state index is -0.341.